The van der Waals surface area contributed by atoms with Gasteiger partial charge in [-0.1, -0.05) is 33.6 Å². The van der Waals surface area contributed by atoms with Gasteiger partial charge in [0.25, 0.3) is 0 Å². The van der Waals surface area contributed by atoms with Gasteiger partial charge >= 0.3 is 0 Å². The molecule has 0 aromatic heterocycles. The second-order valence-corrected chi connectivity index (χ2v) is 6.08. The average Bonchev–Trinajstić information content (AvgIpc) is 2.85. The Kier molecular flexibility index (Phi) is 3.71. The summed E-state index contributed by atoms with van der Waals surface area (Å²) in [5.41, 5.74) is 8.40. The first-order chi connectivity index (χ1) is 9.56. The van der Waals surface area contributed by atoms with E-state index in [1.54, 1.807) is 18.2 Å². The van der Waals surface area contributed by atoms with Crippen molar-refractivity contribution >= 4 is 27.5 Å². The molecule has 20 heavy (non-hydrogen) atoms. The van der Waals surface area contributed by atoms with Gasteiger partial charge in [-0.15, -0.1) is 0 Å². The Hall–Kier alpha value is -1.10. The fourth-order valence-electron chi connectivity index (χ4n) is 2.45. The van der Waals surface area contributed by atoms with Crippen LogP contribution in [-0.4, -0.2) is 6.61 Å². The summed E-state index contributed by atoms with van der Waals surface area (Å²) >= 11 is 9.35. The smallest absolute Gasteiger partial charge is 0.129 e. The second kappa shape index (κ2) is 5.35. The number of nitrogens with two attached hydrogens (primary N) is 1. The molecular weight excluding hydrogens is 345 g/mol. The van der Waals surface area contributed by atoms with Gasteiger partial charge in [-0.3, -0.25) is 0 Å². The van der Waals surface area contributed by atoms with Gasteiger partial charge in [0.2, 0.25) is 0 Å². The van der Waals surface area contributed by atoms with Gasteiger partial charge in [-0.2, -0.15) is 0 Å². The van der Waals surface area contributed by atoms with Crippen molar-refractivity contribution in [1.82, 2.24) is 0 Å². The van der Waals surface area contributed by atoms with Crippen molar-refractivity contribution in [2.75, 3.05) is 6.61 Å². The molecule has 0 fully saturated rings. The predicted molar refractivity (Wildman–Crippen MR) is 80.8 cm³/mol. The minimum atomic E-state index is -0.603. The number of rotatable bonds is 2. The van der Waals surface area contributed by atoms with E-state index in [-0.39, 0.29) is 5.82 Å². The maximum atomic E-state index is 14.1. The van der Waals surface area contributed by atoms with Crippen molar-refractivity contribution in [1.29, 1.82) is 0 Å². The van der Waals surface area contributed by atoms with Crippen molar-refractivity contribution in [2.45, 2.75) is 12.5 Å². The number of benzene rings is 2. The summed E-state index contributed by atoms with van der Waals surface area (Å²) in [7, 11) is 0. The van der Waals surface area contributed by atoms with Crippen molar-refractivity contribution in [3.8, 4) is 5.75 Å². The van der Waals surface area contributed by atoms with Crippen LogP contribution in [-0.2, 0) is 6.42 Å². The van der Waals surface area contributed by atoms with E-state index in [0.717, 1.165) is 23.3 Å². The van der Waals surface area contributed by atoms with Crippen LogP contribution in [0.25, 0.3) is 0 Å². The van der Waals surface area contributed by atoms with Crippen LogP contribution in [0.2, 0.25) is 5.02 Å². The van der Waals surface area contributed by atoms with Crippen LogP contribution in [0.3, 0.4) is 0 Å². The van der Waals surface area contributed by atoms with Crippen LogP contribution in [0.1, 0.15) is 22.7 Å². The van der Waals surface area contributed by atoms with Gasteiger partial charge in [0.15, 0.2) is 0 Å². The maximum absolute atomic E-state index is 14.1. The van der Waals surface area contributed by atoms with Crippen LogP contribution in [0.15, 0.2) is 34.8 Å². The SMILES string of the molecule is NC(c1ccc(Br)cc1F)c1cc(Cl)cc2c1OCC2. The molecule has 0 amide bonds. The second-order valence-electron chi connectivity index (χ2n) is 4.73. The monoisotopic (exact) mass is 355 g/mol. The van der Waals surface area contributed by atoms with Gasteiger partial charge in [0.1, 0.15) is 11.6 Å². The molecule has 0 saturated heterocycles. The molecule has 2 aromatic carbocycles. The number of halogens is 3. The van der Waals surface area contributed by atoms with Gasteiger partial charge in [0.05, 0.1) is 12.6 Å². The summed E-state index contributed by atoms with van der Waals surface area (Å²) < 4.78 is 20.4. The van der Waals surface area contributed by atoms with Gasteiger partial charge in [-0.05, 0) is 29.8 Å². The number of fused-ring (bicyclic) bond motifs is 1. The summed E-state index contributed by atoms with van der Waals surface area (Å²) in [6.45, 7) is 0.609. The standard InChI is InChI=1S/C15H12BrClFNO/c16-9-1-2-11(13(18)6-9)14(19)12-7-10(17)5-8-3-4-20-15(8)12/h1-2,5-7,14H,3-4,19H2. The molecule has 0 bridgehead atoms. The first-order valence-electron chi connectivity index (χ1n) is 6.22. The van der Waals surface area contributed by atoms with E-state index in [1.807, 2.05) is 6.07 Å². The Bertz CT molecular complexity index is 677. The lowest BCUT2D eigenvalue weighted by Crippen LogP contribution is -2.14. The summed E-state index contributed by atoms with van der Waals surface area (Å²) in [5.74, 6) is 0.391. The molecule has 0 spiro atoms. The molecule has 3 rings (SSSR count). The Morgan fingerprint density at radius 3 is 2.80 bits per heavy atom. The van der Waals surface area contributed by atoms with Crippen LogP contribution < -0.4 is 10.5 Å². The summed E-state index contributed by atoms with van der Waals surface area (Å²) in [4.78, 5) is 0. The molecule has 2 nitrogen and oxygen atoms in total. The fourth-order valence-corrected chi connectivity index (χ4v) is 3.03. The van der Waals surface area contributed by atoms with Gasteiger partial charge in [-0.25, -0.2) is 4.39 Å². The highest BCUT2D eigenvalue weighted by Crippen LogP contribution is 2.38. The zero-order valence-corrected chi connectivity index (χ0v) is 12.8. The summed E-state index contributed by atoms with van der Waals surface area (Å²) in [6.07, 6.45) is 0.804. The highest BCUT2D eigenvalue weighted by Gasteiger charge is 2.24. The van der Waals surface area contributed by atoms with E-state index in [2.05, 4.69) is 15.9 Å². The van der Waals surface area contributed by atoms with E-state index in [0.29, 0.717) is 21.7 Å². The lowest BCUT2D eigenvalue weighted by molar-refractivity contribution is 0.352. The Labute approximate surface area is 129 Å². The quantitative estimate of drug-likeness (QED) is 0.874. The minimum absolute atomic E-state index is 0.349. The highest BCUT2D eigenvalue weighted by molar-refractivity contribution is 9.10. The molecule has 1 aliphatic heterocycles. The zero-order chi connectivity index (χ0) is 14.3. The third-order valence-corrected chi connectivity index (χ3v) is 4.12. The molecule has 0 saturated carbocycles. The van der Waals surface area contributed by atoms with E-state index in [9.17, 15) is 4.39 Å². The topological polar surface area (TPSA) is 35.2 Å². The molecule has 104 valence electrons. The van der Waals surface area contributed by atoms with E-state index >= 15 is 0 Å². The third-order valence-electron chi connectivity index (χ3n) is 3.41. The van der Waals surface area contributed by atoms with Crippen LogP contribution in [0.4, 0.5) is 4.39 Å². The zero-order valence-electron chi connectivity index (χ0n) is 10.5. The largest absolute Gasteiger partial charge is 0.493 e. The molecule has 2 N–H and O–H groups in total. The highest BCUT2D eigenvalue weighted by atomic mass is 79.9. The van der Waals surface area contributed by atoms with E-state index in [1.165, 1.54) is 6.07 Å². The van der Waals surface area contributed by atoms with Crippen LogP contribution in [0, 0.1) is 5.82 Å². The Morgan fingerprint density at radius 2 is 2.05 bits per heavy atom. The molecular formula is C15H12BrClFNO. The number of hydrogen-bond donors (Lipinski definition) is 1. The molecule has 1 aliphatic rings. The summed E-state index contributed by atoms with van der Waals surface area (Å²) in [5, 5.41) is 0.595. The van der Waals surface area contributed by atoms with Crippen molar-refractivity contribution in [2.24, 2.45) is 5.73 Å². The van der Waals surface area contributed by atoms with Crippen molar-refractivity contribution < 1.29 is 9.13 Å². The van der Waals surface area contributed by atoms with Crippen LogP contribution in [0.5, 0.6) is 5.75 Å². The molecule has 1 heterocycles. The Balaban J connectivity index is 2.09. The summed E-state index contributed by atoms with van der Waals surface area (Å²) in [6, 6.07) is 7.86. The van der Waals surface area contributed by atoms with Crippen LogP contribution >= 0.6 is 27.5 Å². The van der Waals surface area contributed by atoms with Crippen molar-refractivity contribution in [3.05, 3.63) is 62.3 Å². The predicted octanol–water partition coefficient (Wildman–Crippen LogP) is 4.22. The number of ether oxygens (including phenoxy) is 1. The Morgan fingerprint density at radius 1 is 1.25 bits per heavy atom. The average molecular weight is 357 g/mol. The van der Waals surface area contributed by atoms with Crippen molar-refractivity contribution in [3.63, 3.8) is 0 Å². The lowest BCUT2D eigenvalue weighted by atomic mass is 9.96. The van der Waals surface area contributed by atoms with Gasteiger partial charge < -0.3 is 10.5 Å². The minimum Gasteiger partial charge on any atom is -0.493 e. The molecule has 0 radical (unpaired) electrons. The molecule has 2 aromatic rings. The molecule has 5 heteroatoms. The van der Waals surface area contributed by atoms with E-state index < -0.39 is 6.04 Å². The van der Waals surface area contributed by atoms with Gasteiger partial charge in [0, 0.05) is 27.0 Å². The van der Waals surface area contributed by atoms with E-state index in [4.69, 9.17) is 22.1 Å². The first-order valence-corrected chi connectivity index (χ1v) is 7.39. The molecule has 1 atom stereocenters. The normalized spacial score (nSPS) is 14.8. The lowest BCUT2D eigenvalue weighted by Gasteiger charge is -2.17. The number of hydrogen-bond acceptors (Lipinski definition) is 2. The molecule has 0 aliphatic carbocycles. The maximum Gasteiger partial charge on any atom is 0.129 e. The molecule has 1 unspecified atom stereocenters. The fraction of sp³-hybridized carbons (Fsp3) is 0.200. The third kappa shape index (κ3) is 2.43. The first kappa shape index (κ1) is 13.9.